The Kier molecular flexibility index (Phi) is 4.50. The molecule has 0 radical (unpaired) electrons. The molecule has 28 heavy (non-hydrogen) atoms. The lowest BCUT2D eigenvalue weighted by atomic mass is 9.83. The van der Waals surface area contributed by atoms with Crippen molar-refractivity contribution in [3.05, 3.63) is 58.1 Å². The highest BCUT2D eigenvalue weighted by Gasteiger charge is 2.33. The Morgan fingerprint density at radius 3 is 2.75 bits per heavy atom. The van der Waals surface area contributed by atoms with Gasteiger partial charge in [0.15, 0.2) is 0 Å². The van der Waals surface area contributed by atoms with Crippen molar-refractivity contribution in [3.8, 4) is 11.5 Å². The number of aryl methyl sites for hydroxylation is 1. The number of piperidine rings is 1. The molecule has 0 spiro atoms. The molecule has 5 rings (SSSR count). The second-order valence-corrected chi connectivity index (χ2v) is 8.27. The summed E-state index contributed by atoms with van der Waals surface area (Å²) in [6.45, 7) is 5.28. The van der Waals surface area contributed by atoms with E-state index < -0.39 is 0 Å². The van der Waals surface area contributed by atoms with E-state index in [1.54, 1.807) is 0 Å². The molecule has 0 saturated carbocycles. The fourth-order valence-electron chi connectivity index (χ4n) is 4.98. The molecule has 3 aliphatic rings. The van der Waals surface area contributed by atoms with Crippen LogP contribution in [0.4, 0.5) is 0 Å². The van der Waals surface area contributed by atoms with Gasteiger partial charge in [0.05, 0.1) is 19.6 Å². The standard InChI is InChI=1S/C24H27NO3/c1-16-3-2-4-17(13-16)14-22(26)25-9-5-18(6-10-25)23-20-8-12-27-21(20)15-19-7-11-28-24(19)23/h2-4,13,15,18H,5-12,14H2,1H3. The van der Waals surface area contributed by atoms with E-state index in [0.717, 1.165) is 69.0 Å². The maximum absolute atomic E-state index is 12.8. The van der Waals surface area contributed by atoms with E-state index in [-0.39, 0.29) is 5.91 Å². The molecule has 0 N–H and O–H groups in total. The summed E-state index contributed by atoms with van der Waals surface area (Å²) in [5.41, 5.74) is 6.35. The summed E-state index contributed by atoms with van der Waals surface area (Å²) in [7, 11) is 0. The third kappa shape index (κ3) is 3.15. The van der Waals surface area contributed by atoms with Gasteiger partial charge in [-0.05, 0) is 37.3 Å². The summed E-state index contributed by atoms with van der Waals surface area (Å²) in [5, 5.41) is 0. The number of nitrogens with zero attached hydrogens (tertiary/aromatic N) is 1. The Morgan fingerprint density at radius 1 is 1.11 bits per heavy atom. The molecule has 4 nitrogen and oxygen atoms in total. The van der Waals surface area contributed by atoms with E-state index in [9.17, 15) is 4.79 Å². The fourth-order valence-corrected chi connectivity index (χ4v) is 4.98. The third-order valence-corrected chi connectivity index (χ3v) is 6.39. The molecule has 4 heteroatoms. The highest BCUT2D eigenvalue weighted by Crippen LogP contribution is 2.46. The zero-order valence-electron chi connectivity index (χ0n) is 16.5. The fraction of sp³-hybridized carbons (Fsp3) is 0.458. The zero-order valence-corrected chi connectivity index (χ0v) is 16.5. The SMILES string of the molecule is Cc1cccc(CC(=O)N2CCC(c3c4c(cc5c3OCC5)OCC4)CC2)c1. The van der Waals surface area contributed by atoms with Gasteiger partial charge in [-0.15, -0.1) is 0 Å². The van der Waals surface area contributed by atoms with Gasteiger partial charge >= 0.3 is 0 Å². The quantitative estimate of drug-likeness (QED) is 0.816. The average Bonchev–Trinajstić information content (AvgIpc) is 3.35. The van der Waals surface area contributed by atoms with Crippen LogP contribution in [0, 0.1) is 6.92 Å². The summed E-state index contributed by atoms with van der Waals surface area (Å²) in [4.78, 5) is 14.8. The van der Waals surface area contributed by atoms with Crippen LogP contribution < -0.4 is 9.47 Å². The van der Waals surface area contributed by atoms with Crippen LogP contribution in [0.5, 0.6) is 11.5 Å². The Bertz CT molecular complexity index is 880. The molecule has 1 amide bonds. The van der Waals surface area contributed by atoms with E-state index in [1.807, 2.05) is 17.0 Å². The number of amides is 1. The minimum Gasteiger partial charge on any atom is -0.493 e. The van der Waals surface area contributed by atoms with Crippen LogP contribution in [0.3, 0.4) is 0 Å². The van der Waals surface area contributed by atoms with Crippen molar-refractivity contribution in [2.24, 2.45) is 0 Å². The van der Waals surface area contributed by atoms with Gasteiger partial charge < -0.3 is 14.4 Å². The number of rotatable bonds is 3. The Labute approximate surface area is 166 Å². The van der Waals surface area contributed by atoms with Gasteiger partial charge in [-0.2, -0.15) is 0 Å². The summed E-state index contributed by atoms with van der Waals surface area (Å²) >= 11 is 0. The van der Waals surface area contributed by atoms with Crippen molar-refractivity contribution in [3.63, 3.8) is 0 Å². The van der Waals surface area contributed by atoms with Crippen LogP contribution in [-0.4, -0.2) is 37.1 Å². The Hall–Kier alpha value is -2.49. The first-order chi connectivity index (χ1) is 13.7. The van der Waals surface area contributed by atoms with Crippen LogP contribution in [0.15, 0.2) is 30.3 Å². The Balaban J connectivity index is 1.30. The van der Waals surface area contributed by atoms with Crippen LogP contribution in [-0.2, 0) is 24.1 Å². The van der Waals surface area contributed by atoms with Crippen molar-refractivity contribution in [2.45, 2.75) is 44.9 Å². The first-order valence-corrected chi connectivity index (χ1v) is 10.5. The summed E-state index contributed by atoms with van der Waals surface area (Å²) < 4.78 is 11.9. The molecule has 3 aliphatic heterocycles. The highest BCUT2D eigenvalue weighted by atomic mass is 16.5. The topological polar surface area (TPSA) is 38.8 Å². The first-order valence-electron chi connectivity index (χ1n) is 10.5. The van der Waals surface area contributed by atoms with Gasteiger partial charge in [-0.3, -0.25) is 4.79 Å². The molecule has 0 aliphatic carbocycles. The molecule has 3 heterocycles. The van der Waals surface area contributed by atoms with E-state index in [0.29, 0.717) is 12.3 Å². The number of hydrogen-bond acceptors (Lipinski definition) is 3. The predicted octanol–water partition coefficient (Wildman–Crippen LogP) is 3.81. The number of fused-ring (bicyclic) bond motifs is 2. The maximum Gasteiger partial charge on any atom is 0.226 e. The summed E-state index contributed by atoms with van der Waals surface area (Å²) in [6.07, 6.45) is 4.47. The van der Waals surface area contributed by atoms with Gasteiger partial charge in [0, 0.05) is 42.6 Å². The van der Waals surface area contributed by atoms with E-state index in [1.165, 1.54) is 22.3 Å². The molecule has 0 unspecified atom stereocenters. The van der Waals surface area contributed by atoms with Gasteiger partial charge in [0.2, 0.25) is 5.91 Å². The zero-order chi connectivity index (χ0) is 19.1. The molecule has 2 aromatic carbocycles. The van der Waals surface area contributed by atoms with Gasteiger partial charge in [-0.1, -0.05) is 29.8 Å². The lowest BCUT2D eigenvalue weighted by molar-refractivity contribution is -0.131. The summed E-state index contributed by atoms with van der Waals surface area (Å²) in [5.74, 6) is 2.89. The van der Waals surface area contributed by atoms with Crippen molar-refractivity contribution in [1.29, 1.82) is 0 Å². The number of hydrogen-bond donors (Lipinski definition) is 0. The van der Waals surface area contributed by atoms with E-state index in [2.05, 4.69) is 25.1 Å². The van der Waals surface area contributed by atoms with Crippen LogP contribution in [0.1, 0.15) is 46.6 Å². The van der Waals surface area contributed by atoms with E-state index >= 15 is 0 Å². The predicted molar refractivity (Wildman–Crippen MR) is 108 cm³/mol. The largest absolute Gasteiger partial charge is 0.493 e. The van der Waals surface area contributed by atoms with Crippen molar-refractivity contribution in [2.75, 3.05) is 26.3 Å². The molecule has 2 aromatic rings. The minimum atomic E-state index is 0.243. The molecule has 146 valence electrons. The van der Waals surface area contributed by atoms with Crippen LogP contribution in [0.25, 0.3) is 0 Å². The van der Waals surface area contributed by atoms with Gasteiger partial charge in [0.25, 0.3) is 0 Å². The lowest BCUT2D eigenvalue weighted by Crippen LogP contribution is -2.39. The van der Waals surface area contributed by atoms with Gasteiger partial charge in [0.1, 0.15) is 11.5 Å². The highest BCUT2D eigenvalue weighted by molar-refractivity contribution is 5.79. The number of carbonyl (C=O) groups excluding carboxylic acids is 1. The lowest BCUT2D eigenvalue weighted by Gasteiger charge is -2.33. The molecule has 0 aromatic heterocycles. The summed E-state index contributed by atoms with van der Waals surface area (Å²) in [6, 6.07) is 10.4. The van der Waals surface area contributed by atoms with Crippen LogP contribution >= 0.6 is 0 Å². The molecule has 1 saturated heterocycles. The molecular formula is C24H27NO3. The van der Waals surface area contributed by atoms with Crippen molar-refractivity contribution in [1.82, 2.24) is 4.90 Å². The van der Waals surface area contributed by atoms with Crippen LogP contribution in [0.2, 0.25) is 0 Å². The molecule has 0 atom stereocenters. The van der Waals surface area contributed by atoms with Gasteiger partial charge in [-0.25, -0.2) is 0 Å². The normalized spacial score (nSPS) is 18.4. The third-order valence-electron chi connectivity index (χ3n) is 6.39. The molecular weight excluding hydrogens is 350 g/mol. The monoisotopic (exact) mass is 377 g/mol. The molecule has 1 fully saturated rings. The second kappa shape index (κ2) is 7.16. The average molecular weight is 377 g/mol. The molecule has 0 bridgehead atoms. The number of ether oxygens (including phenoxy) is 2. The first kappa shape index (κ1) is 17.6. The number of likely N-dealkylation sites (tertiary alicyclic amines) is 1. The van der Waals surface area contributed by atoms with Crippen molar-refractivity contribution >= 4 is 5.91 Å². The maximum atomic E-state index is 12.8. The van der Waals surface area contributed by atoms with Crippen molar-refractivity contribution < 1.29 is 14.3 Å². The van der Waals surface area contributed by atoms with E-state index in [4.69, 9.17) is 9.47 Å². The number of benzene rings is 2. The number of carbonyl (C=O) groups is 1. The smallest absolute Gasteiger partial charge is 0.226 e. The Morgan fingerprint density at radius 2 is 1.93 bits per heavy atom. The minimum absolute atomic E-state index is 0.243. The second-order valence-electron chi connectivity index (χ2n) is 8.27.